The summed E-state index contributed by atoms with van der Waals surface area (Å²) in [4.78, 5) is 11.3. The largest absolute Gasteiger partial charge is 0.389 e. The number of aliphatic hydroxyl groups is 1. The van der Waals surface area contributed by atoms with Gasteiger partial charge >= 0.3 is 0 Å². The average molecular weight is 346 g/mol. The van der Waals surface area contributed by atoms with Crippen molar-refractivity contribution in [2.75, 3.05) is 43.1 Å². The normalized spacial score (nSPS) is 20.7. The van der Waals surface area contributed by atoms with Crippen LogP contribution in [0.1, 0.15) is 30.3 Å². The van der Waals surface area contributed by atoms with Gasteiger partial charge in [0.1, 0.15) is 5.82 Å². The van der Waals surface area contributed by atoms with Gasteiger partial charge in [0.05, 0.1) is 18.4 Å². The second-order valence-electron chi connectivity index (χ2n) is 6.46. The number of ether oxygens (including phenoxy) is 1. The van der Waals surface area contributed by atoms with Crippen molar-refractivity contribution < 1.29 is 9.84 Å². The summed E-state index contributed by atoms with van der Waals surface area (Å²) in [6.07, 6.45) is 2.33. The highest BCUT2D eigenvalue weighted by molar-refractivity contribution is 5.46. The first-order valence-corrected chi connectivity index (χ1v) is 8.64. The molecule has 2 aromatic heterocycles. The van der Waals surface area contributed by atoms with Gasteiger partial charge in [-0.3, -0.25) is 0 Å². The summed E-state index contributed by atoms with van der Waals surface area (Å²) >= 11 is 0. The first kappa shape index (κ1) is 16.2. The molecule has 134 valence electrons. The third kappa shape index (κ3) is 3.85. The number of anilines is 2. The van der Waals surface area contributed by atoms with Crippen LogP contribution in [-0.2, 0) is 11.2 Å². The topological polar surface area (TPSA) is 125 Å². The smallest absolute Gasteiger partial charge is 0.227 e. The number of aromatic amines is 1. The van der Waals surface area contributed by atoms with Crippen LogP contribution in [0.3, 0.4) is 0 Å². The zero-order chi connectivity index (χ0) is 17.1. The highest BCUT2D eigenvalue weighted by Crippen LogP contribution is 2.28. The second-order valence-corrected chi connectivity index (χ2v) is 6.46. The number of nitrogens with one attached hydrogen (secondary N) is 2. The molecule has 4 rings (SSSR count). The Morgan fingerprint density at radius 3 is 3.00 bits per heavy atom. The van der Waals surface area contributed by atoms with Crippen LogP contribution >= 0.6 is 0 Å². The summed E-state index contributed by atoms with van der Waals surface area (Å²) in [5.41, 5.74) is 1.00. The van der Waals surface area contributed by atoms with E-state index in [1.54, 1.807) is 0 Å². The minimum Gasteiger partial charge on any atom is -0.389 e. The predicted octanol–water partition coefficient (Wildman–Crippen LogP) is -0.281. The molecule has 10 heteroatoms. The zero-order valence-electron chi connectivity index (χ0n) is 13.9. The lowest BCUT2D eigenvalue weighted by atomic mass is 10.0. The Bertz CT molecular complexity index is 683. The molecule has 2 aliphatic rings. The van der Waals surface area contributed by atoms with E-state index < -0.39 is 0 Å². The lowest BCUT2D eigenvalue weighted by molar-refractivity contribution is 0.140. The van der Waals surface area contributed by atoms with Crippen molar-refractivity contribution >= 4 is 11.8 Å². The van der Waals surface area contributed by atoms with Crippen molar-refractivity contribution in [3.05, 3.63) is 17.6 Å². The van der Waals surface area contributed by atoms with E-state index in [9.17, 15) is 5.11 Å². The first-order chi connectivity index (χ1) is 12.3. The fraction of sp³-hybridized carbons (Fsp3) is 0.667. The highest BCUT2D eigenvalue weighted by atomic mass is 16.5. The van der Waals surface area contributed by atoms with Crippen LogP contribution < -0.4 is 10.2 Å². The highest BCUT2D eigenvalue weighted by Gasteiger charge is 2.28. The van der Waals surface area contributed by atoms with E-state index in [-0.39, 0.29) is 6.10 Å². The van der Waals surface area contributed by atoms with Crippen LogP contribution in [-0.4, -0.2) is 74.7 Å². The second kappa shape index (κ2) is 7.28. The van der Waals surface area contributed by atoms with E-state index in [1.165, 1.54) is 0 Å². The summed E-state index contributed by atoms with van der Waals surface area (Å²) in [6.45, 7) is 3.41. The van der Waals surface area contributed by atoms with Gasteiger partial charge in [-0.1, -0.05) is 5.21 Å². The zero-order valence-corrected chi connectivity index (χ0v) is 13.9. The Balaban J connectivity index is 1.41. The number of rotatable bonds is 7. The lowest BCUT2D eigenvalue weighted by Crippen LogP contribution is -2.51. The molecule has 1 atom stereocenters. The molecule has 2 fully saturated rings. The third-order valence-electron chi connectivity index (χ3n) is 4.50. The number of hydrogen-bond acceptors (Lipinski definition) is 9. The average Bonchev–Trinajstić information content (AvgIpc) is 3.29. The Morgan fingerprint density at radius 1 is 1.36 bits per heavy atom. The number of H-pyrrole nitrogens is 1. The van der Waals surface area contributed by atoms with Gasteiger partial charge in [0, 0.05) is 44.6 Å². The van der Waals surface area contributed by atoms with Gasteiger partial charge in [0.15, 0.2) is 5.82 Å². The molecule has 2 saturated heterocycles. The number of β-amino-alcohol motifs (C(OH)–C–C–N with tert-alkyl or cyclic N) is 1. The van der Waals surface area contributed by atoms with Crippen LogP contribution in [0.15, 0.2) is 6.07 Å². The Labute approximate surface area is 145 Å². The lowest BCUT2D eigenvalue weighted by Gasteiger charge is -2.36. The quantitative estimate of drug-likeness (QED) is 0.580. The molecule has 10 nitrogen and oxygen atoms in total. The molecule has 25 heavy (non-hydrogen) atoms. The van der Waals surface area contributed by atoms with Gasteiger partial charge in [-0.25, -0.2) is 4.98 Å². The molecule has 0 saturated carbocycles. The van der Waals surface area contributed by atoms with Gasteiger partial charge in [-0.2, -0.15) is 10.2 Å². The van der Waals surface area contributed by atoms with E-state index in [0.29, 0.717) is 37.4 Å². The summed E-state index contributed by atoms with van der Waals surface area (Å²) in [7, 11) is 0. The molecule has 2 aromatic rings. The minimum absolute atomic E-state index is 0.284. The van der Waals surface area contributed by atoms with Crippen LogP contribution in [0.4, 0.5) is 11.8 Å². The maximum absolute atomic E-state index is 9.54. The van der Waals surface area contributed by atoms with Gasteiger partial charge in [0.2, 0.25) is 5.95 Å². The molecule has 0 amide bonds. The SMILES string of the molecule is OC1CN(c2nc(NCCCc3nn[nH]n3)cc([C@@H]3CCOC3)n2)C1. The molecule has 0 radical (unpaired) electrons. The summed E-state index contributed by atoms with van der Waals surface area (Å²) in [5.74, 6) is 2.51. The number of tetrazole rings is 1. The summed E-state index contributed by atoms with van der Waals surface area (Å²) in [6, 6.07) is 2.01. The number of aromatic nitrogens is 6. The molecular weight excluding hydrogens is 324 g/mol. The molecule has 4 heterocycles. The van der Waals surface area contributed by atoms with Crippen molar-refractivity contribution in [1.29, 1.82) is 0 Å². The molecule has 0 bridgehead atoms. The summed E-state index contributed by atoms with van der Waals surface area (Å²) in [5, 5.41) is 26.8. The predicted molar refractivity (Wildman–Crippen MR) is 89.4 cm³/mol. The molecule has 0 unspecified atom stereocenters. The van der Waals surface area contributed by atoms with Gasteiger partial charge in [-0.15, -0.1) is 10.2 Å². The Hall–Kier alpha value is -2.33. The van der Waals surface area contributed by atoms with Crippen molar-refractivity contribution in [2.24, 2.45) is 0 Å². The fourth-order valence-electron chi connectivity index (χ4n) is 3.03. The standard InChI is InChI=1S/C15H22N8O2/c24-11-7-23(8-11)15-17-12(10-3-5-25-9-10)6-14(18-15)16-4-1-2-13-19-21-22-20-13/h6,10-11,24H,1-5,7-9H2,(H,16,17,18)(H,19,20,21,22)/t10-/m1/s1. The van der Waals surface area contributed by atoms with E-state index >= 15 is 0 Å². The number of nitrogens with zero attached hydrogens (tertiary/aromatic N) is 6. The maximum Gasteiger partial charge on any atom is 0.227 e. The first-order valence-electron chi connectivity index (χ1n) is 8.64. The minimum atomic E-state index is -0.284. The Morgan fingerprint density at radius 2 is 2.28 bits per heavy atom. The molecule has 2 aliphatic heterocycles. The van der Waals surface area contributed by atoms with E-state index in [2.05, 4.69) is 30.9 Å². The molecule has 0 aromatic carbocycles. The summed E-state index contributed by atoms with van der Waals surface area (Å²) < 4.78 is 5.49. The van der Waals surface area contributed by atoms with Gasteiger partial charge in [-0.05, 0) is 12.8 Å². The number of hydrogen-bond donors (Lipinski definition) is 3. The fourth-order valence-corrected chi connectivity index (χ4v) is 3.03. The van der Waals surface area contributed by atoms with Gasteiger partial charge < -0.3 is 20.1 Å². The molecule has 0 spiro atoms. The molecule has 0 aliphatic carbocycles. The van der Waals surface area contributed by atoms with Crippen molar-refractivity contribution in [2.45, 2.75) is 31.3 Å². The van der Waals surface area contributed by atoms with E-state index in [1.807, 2.05) is 11.0 Å². The Kier molecular flexibility index (Phi) is 4.70. The van der Waals surface area contributed by atoms with Crippen LogP contribution in [0.25, 0.3) is 0 Å². The molecule has 3 N–H and O–H groups in total. The van der Waals surface area contributed by atoms with Crippen LogP contribution in [0, 0.1) is 0 Å². The van der Waals surface area contributed by atoms with E-state index in [4.69, 9.17) is 9.72 Å². The third-order valence-corrected chi connectivity index (χ3v) is 4.50. The van der Waals surface area contributed by atoms with E-state index in [0.717, 1.165) is 43.9 Å². The van der Waals surface area contributed by atoms with Crippen molar-refractivity contribution in [3.63, 3.8) is 0 Å². The van der Waals surface area contributed by atoms with Crippen LogP contribution in [0.2, 0.25) is 0 Å². The number of aryl methyl sites for hydroxylation is 1. The molecular formula is C15H22N8O2. The van der Waals surface area contributed by atoms with Crippen molar-refractivity contribution in [3.8, 4) is 0 Å². The monoisotopic (exact) mass is 346 g/mol. The maximum atomic E-state index is 9.54. The number of aliphatic hydroxyl groups excluding tert-OH is 1. The van der Waals surface area contributed by atoms with Crippen molar-refractivity contribution in [1.82, 2.24) is 30.6 Å². The van der Waals surface area contributed by atoms with Crippen LogP contribution in [0.5, 0.6) is 0 Å². The van der Waals surface area contributed by atoms with Gasteiger partial charge in [0.25, 0.3) is 0 Å².